The molecule has 1 heterocycles. The van der Waals surface area contributed by atoms with E-state index in [0.29, 0.717) is 6.54 Å². The monoisotopic (exact) mass is 221 g/mol. The van der Waals surface area contributed by atoms with Gasteiger partial charge in [-0.15, -0.1) is 0 Å². The molecule has 0 aromatic carbocycles. The van der Waals surface area contributed by atoms with E-state index in [4.69, 9.17) is 11.1 Å². The molecule has 0 bridgehead atoms. The van der Waals surface area contributed by atoms with Crippen molar-refractivity contribution in [3.63, 3.8) is 0 Å². The van der Waals surface area contributed by atoms with Gasteiger partial charge in [0.15, 0.2) is 0 Å². The fraction of sp³-hybridized carbons (Fsp3) is 0.545. The average molecular weight is 221 g/mol. The van der Waals surface area contributed by atoms with Crippen LogP contribution < -0.4 is 10.6 Å². The van der Waals surface area contributed by atoms with Crippen molar-refractivity contribution in [1.82, 2.24) is 9.97 Å². The number of aromatic nitrogens is 2. The van der Waals surface area contributed by atoms with Gasteiger partial charge in [-0.25, -0.2) is 9.97 Å². The van der Waals surface area contributed by atoms with Crippen LogP contribution in [0.15, 0.2) is 12.3 Å². The summed E-state index contributed by atoms with van der Waals surface area (Å²) in [5, 5.41) is 7.39. The van der Waals surface area contributed by atoms with E-state index in [9.17, 15) is 0 Å². The second kappa shape index (κ2) is 5.44. The third-order valence-electron chi connectivity index (χ3n) is 2.49. The highest BCUT2D eigenvalue weighted by atomic mass is 15.2. The number of nitrogens with one attached hydrogen (secondary N) is 1. The van der Waals surface area contributed by atoms with E-state index in [1.165, 1.54) is 0 Å². The second-order valence-electron chi connectivity index (χ2n) is 3.86. The van der Waals surface area contributed by atoms with E-state index in [1.807, 2.05) is 19.9 Å². The van der Waals surface area contributed by atoms with Crippen LogP contribution in [-0.4, -0.2) is 28.9 Å². The molecule has 88 valence electrons. The molecule has 1 unspecified atom stereocenters. The summed E-state index contributed by atoms with van der Waals surface area (Å²) in [6, 6.07) is 1.88. The zero-order chi connectivity index (χ0) is 12.1. The number of amidine groups is 1. The Morgan fingerprint density at radius 2 is 2.31 bits per heavy atom. The normalized spacial score (nSPS) is 12.2. The van der Waals surface area contributed by atoms with Gasteiger partial charge in [0.25, 0.3) is 0 Å². The van der Waals surface area contributed by atoms with Crippen LogP contribution in [-0.2, 0) is 0 Å². The van der Waals surface area contributed by atoms with Crippen molar-refractivity contribution in [1.29, 1.82) is 5.41 Å². The summed E-state index contributed by atoms with van der Waals surface area (Å²) < 4.78 is 0. The van der Waals surface area contributed by atoms with Crippen molar-refractivity contribution in [2.45, 2.75) is 20.8 Å². The highest BCUT2D eigenvalue weighted by molar-refractivity contribution is 5.79. The lowest BCUT2D eigenvalue weighted by molar-refractivity contribution is 0.688. The molecule has 1 aromatic heterocycles. The van der Waals surface area contributed by atoms with Gasteiger partial charge in [0.2, 0.25) is 0 Å². The fourth-order valence-electron chi connectivity index (χ4n) is 1.43. The van der Waals surface area contributed by atoms with Gasteiger partial charge in [0.1, 0.15) is 11.6 Å². The smallest absolute Gasteiger partial charge is 0.132 e. The Kier molecular flexibility index (Phi) is 4.22. The van der Waals surface area contributed by atoms with Crippen LogP contribution in [0.25, 0.3) is 0 Å². The summed E-state index contributed by atoms with van der Waals surface area (Å²) in [5.74, 6) is 1.90. The summed E-state index contributed by atoms with van der Waals surface area (Å²) in [6.45, 7) is 7.42. The molecule has 0 radical (unpaired) electrons. The van der Waals surface area contributed by atoms with Gasteiger partial charge >= 0.3 is 0 Å². The standard InChI is InChI=1S/C11H19N5/c1-4-16(7-8(2)11(12)13)10-5-6-14-9(3)15-10/h5-6,8H,4,7H2,1-3H3,(H3,12,13). The molecule has 0 aliphatic rings. The molecule has 5 heteroatoms. The van der Waals surface area contributed by atoms with Crippen LogP contribution in [0.5, 0.6) is 0 Å². The predicted octanol–water partition coefficient (Wildman–Crippen LogP) is 1.18. The van der Waals surface area contributed by atoms with E-state index in [2.05, 4.69) is 21.8 Å². The molecule has 1 rings (SSSR count). The molecule has 0 aliphatic carbocycles. The van der Waals surface area contributed by atoms with Gasteiger partial charge in [-0.3, -0.25) is 5.41 Å². The van der Waals surface area contributed by atoms with E-state index in [0.717, 1.165) is 18.2 Å². The molecule has 5 nitrogen and oxygen atoms in total. The van der Waals surface area contributed by atoms with Crippen molar-refractivity contribution in [2.24, 2.45) is 11.7 Å². The maximum Gasteiger partial charge on any atom is 0.132 e. The third-order valence-corrected chi connectivity index (χ3v) is 2.49. The molecule has 1 aromatic rings. The molecule has 3 N–H and O–H groups in total. The van der Waals surface area contributed by atoms with Gasteiger partial charge in [0, 0.05) is 25.2 Å². The first kappa shape index (κ1) is 12.4. The van der Waals surface area contributed by atoms with Crippen molar-refractivity contribution < 1.29 is 0 Å². The van der Waals surface area contributed by atoms with Crippen molar-refractivity contribution in [2.75, 3.05) is 18.0 Å². The Morgan fingerprint density at radius 3 is 2.81 bits per heavy atom. The van der Waals surface area contributed by atoms with Gasteiger partial charge in [-0.05, 0) is 19.9 Å². The van der Waals surface area contributed by atoms with Crippen LogP contribution in [0.4, 0.5) is 5.82 Å². The van der Waals surface area contributed by atoms with Crippen molar-refractivity contribution >= 4 is 11.7 Å². The first-order valence-corrected chi connectivity index (χ1v) is 5.43. The van der Waals surface area contributed by atoms with Crippen LogP contribution in [0.1, 0.15) is 19.7 Å². The number of rotatable bonds is 5. The topological polar surface area (TPSA) is 78.9 Å². The lowest BCUT2D eigenvalue weighted by Crippen LogP contribution is -2.35. The number of nitrogens with two attached hydrogens (primary N) is 1. The number of hydrogen-bond acceptors (Lipinski definition) is 4. The van der Waals surface area contributed by atoms with Crippen LogP contribution >= 0.6 is 0 Å². The number of anilines is 1. The Labute approximate surface area is 96.2 Å². The molecular formula is C11H19N5. The van der Waals surface area contributed by atoms with Gasteiger partial charge < -0.3 is 10.6 Å². The largest absolute Gasteiger partial charge is 0.387 e. The van der Waals surface area contributed by atoms with E-state index in [-0.39, 0.29) is 11.8 Å². The fourth-order valence-corrected chi connectivity index (χ4v) is 1.43. The van der Waals surface area contributed by atoms with Crippen molar-refractivity contribution in [3.05, 3.63) is 18.1 Å². The summed E-state index contributed by atoms with van der Waals surface area (Å²) in [5.41, 5.74) is 5.47. The molecule has 0 spiro atoms. The van der Waals surface area contributed by atoms with Crippen LogP contribution in [0.2, 0.25) is 0 Å². The Morgan fingerprint density at radius 1 is 1.62 bits per heavy atom. The highest BCUT2D eigenvalue weighted by Gasteiger charge is 2.12. The quantitative estimate of drug-likeness (QED) is 0.578. The summed E-state index contributed by atoms with van der Waals surface area (Å²) in [6.07, 6.45) is 1.75. The minimum absolute atomic E-state index is 0.0372. The summed E-state index contributed by atoms with van der Waals surface area (Å²) >= 11 is 0. The zero-order valence-electron chi connectivity index (χ0n) is 10.1. The lowest BCUT2D eigenvalue weighted by Gasteiger charge is -2.25. The number of hydrogen-bond donors (Lipinski definition) is 2. The molecule has 0 saturated heterocycles. The third kappa shape index (κ3) is 3.18. The van der Waals surface area contributed by atoms with Gasteiger partial charge in [-0.1, -0.05) is 6.92 Å². The van der Waals surface area contributed by atoms with Gasteiger partial charge in [0.05, 0.1) is 5.84 Å². The highest BCUT2D eigenvalue weighted by Crippen LogP contribution is 2.11. The first-order valence-electron chi connectivity index (χ1n) is 5.43. The maximum atomic E-state index is 7.39. The Bertz CT molecular complexity index is 363. The SMILES string of the molecule is CCN(CC(C)C(=N)N)c1ccnc(C)n1. The van der Waals surface area contributed by atoms with Gasteiger partial charge in [-0.2, -0.15) is 0 Å². The van der Waals surface area contributed by atoms with E-state index < -0.39 is 0 Å². The molecule has 16 heavy (non-hydrogen) atoms. The minimum Gasteiger partial charge on any atom is -0.387 e. The number of aryl methyl sites for hydroxylation is 1. The maximum absolute atomic E-state index is 7.39. The van der Waals surface area contributed by atoms with Crippen molar-refractivity contribution in [3.8, 4) is 0 Å². The predicted molar refractivity (Wildman–Crippen MR) is 65.7 cm³/mol. The summed E-state index contributed by atoms with van der Waals surface area (Å²) in [4.78, 5) is 10.5. The molecular weight excluding hydrogens is 202 g/mol. The first-order chi connectivity index (χ1) is 7.54. The van der Waals surface area contributed by atoms with Crippen LogP contribution in [0.3, 0.4) is 0 Å². The minimum atomic E-state index is 0.0372. The molecule has 0 amide bonds. The lowest BCUT2D eigenvalue weighted by atomic mass is 10.1. The van der Waals surface area contributed by atoms with E-state index >= 15 is 0 Å². The second-order valence-corrected chi connectivity index (χ2v) is 3.86. The van der Waals surface area contributed by atoms with Crippen LogP contribution in [0, 0.1) is 18.3 Å². The molecule has 0 aliphatic heterocycles. The molecule has 0 saturated carbocycles. The summed E-state index contributed by atoms with van der Waals surface area (Å²) in [7, 11) is 0. The number of nitrogens with zero attached hydrogens (tertiary/aromatic N) is 3. The Balaban J connectivity index is 2.78. The molecule has 0 fully saturated rings. The average Bonchev–Trinajstić information content (AvgIpc) is 2.25. The van der Waals surface area contributed by atoms with E-state index in [1.54, 1.807) is 6.20 Å². The Hall–Kier alpha value is -1.65. The molecule has 1 atom stereocenters. The zero-order valence-corrected chi connectivity index (χ0v) is 10.1.